The first-order valence-corrected chi connectivity index (χ1v) is 8.85. The Morgan fingerprint density at radius 3 is 2.68 bits per heavy atom. The maximum Gasteiger partial charge on any atom is 0.126 e. The van der Waals surface area contributed by atoms with Crippen molar-refractivity contribution in [3.63, 3.8) is 0 Å². The molecule has 0 bridgehead atoms. The van der Waals surface area contributed by atoms with Gasteiger partial charge in [-0.3, -0.25) is 4.99 Å². The van der Waals surface area contributed by atoms with Crippen molar-refractivity contribution in [2.45, 2.75) is 20.3 Å². The number of benzene rings is 2. The van der Waals surface area contributed by atoms with Crippen molar-refractivity contribution in [1.29, 1.82) is 0 Å². The predicted octanol–water partition coefficient (Wildman–Crippen LogP) is 4.38. The standard InChI is InChI=1S/C21H25N3O/c1-3-24(4-2)18-10-9-17(21(25)13-18)14-22-12-11-16-15-23-20-8-6-5-7-19(16)20/h5-10,13-15,23,25H,3-4,11-12H2,1-2H3. The Morgan fingerprint density at radius 2 is 1.92 bits per heavy atom. The predicted molar refractivity (Wildman–Crippen MR) is 106 cm³/mol. The fraction of sp³-hybridized carbons (Fsp3) is 0.286. The van der Waals surface area contributed by atoms with Crippen LogP contribution >= 0.6 is 0 Å². The zero-order chi connectivity index (χ0) is 17.6. The first-order valence-electron chi connectivity index (χ1n) is 8.85. The zero-order valence-electron chi connectivity index (χ0n) is 14.9. The molecule has 3 rings (SSSR count). The van der Waals surface area contributed by atoms with Crippen molar-refractivity contribution in [3.8, 4) is 5.75 Å². The number of hydrogen-bond donors (Lipinski definition) is 2. The average Bonchev–Trinajstić information content (AvgIpc) is 3.04. The van der Waals surface area contributed by atoms with E-state index >= 15 is 0 Å². The van der Waals surface area contributed by atoms with Crippen molar-refractivity contribution >= 4 is 22.8 Å². The van der Waals surface area contributed by atoms with Crippen molar-refractivity contribution in [3.05, 3.63) is 59.8 Å². The van der Waals surface area contributed by atoms with Crippen molar-refractivity contribution in [2.75, 3.05) is 24.5 Å². The molecule has 0 aliphatic carbocycles. The SMILES string of the molecule is CCN(CC)c1ccc(C=NCCc2c[nH]c3ccccc23)c(O)c1. The lowest BCUT2D eigenvalue weighted by atomic mass is 10.1. The van der Waals surface area contributed by atoms with Gasteiger partial charge in [0.05, 0.1) is 0 Å². The lowest BCUT2D eigenvalue weighted by Crippen LogP contribution is -2.21. The maximum atomic E-state index is 10.2. The highest BCUT2D eigenvalue weighted by Gasteiger charge is 2.06. The number of nitrogens with one attached hydrogen (secondary N) is 1. The molecule has 4 nitrogen and oxygen atoms in total. The molecule has 4 heteroatoms. The van der Waals surface area contributed by atoms with Gasteiger partial charge in [-0.15, -0.1) is 0 Å². The molecule has 0 unspecified atom stereocenters. The molecule has 3 aromatic rings. The minimum Gasteiger partial charge on any atom is -0.507 e. The number of H-pyrrole nitrogens is 1. The highest BCUT2D eigenvalue weighted by molar-refractivity contribution is 5.85. The van der Waals surface area contributed by atoms with E-state index in [4.69, 9.17) is 0 Å². The number of hydrogen-bond acceptors (Lipinski definition) is 3. The second-order valence-corrected chi connectivity index (χ2v) is 6.06. The fourth-order valence-electron chi connectivity index (χ4n) is 3.11. The topological polar surface area (TPSA) is 51.6 Å². The number of rotatable bonds is 7. The average molecular weight is 335 g/mol. The van der Waals surface area contributed by atoms with Gasteiger partial charge in [0.2, 0.25) is 0 Å². The van der Waals surface area contributed by atoms with Gasteiger partial charge in [0, 0.05) is 60.3 Å². The molecule has 130 valence electrons. The summed E-state index contributed by atoms with van der Waals surface area (Å²) in [7, 11) is 0. The van der Waals surface area contributed by atoms with Gasteiger partial charge in [0.25, 0.3) is 0 Å². The van der Waals surface area contributed by atoms with Crippen LogP contribution in [0.5, 0.6) is 5.75 Å². The van der Waals surface area contributed by atoms with Gasteiger partial charge in [-0.2, -0.15) is 0 Å². The third kappa shape index (κ3) is 3.85. The number of phenolic OH excluding ortho intramolecular Hbond substituents is 1. The lowest BCUT2D eigenvalue weighted by molar-refractivity contribution is 0.474. The van der Waals surface area contributed by atoms with Gasteiger partial charge < -0.3 is 15.0 Å². The van der Waals surface area contributed by atoms with Gasteiger partial charge in [0.15, 0.2) is 0 Å². The minimum atomic E-state index is 0.278. The molecule has 0 spiro atoms. The molecule has 1 heterocycles. The van der Waals surface area contributed by atoms with Crippen LogP contribution in [0.15, 0.2) is 53.7 Å². The Kier molecular flexibility index (Phi) is 5.39. The number of aromatic hydroxyl groups is 1. The molecule has 2 aromatic carbocycles. The Bertz CT molecular complexity index is 862. The monoisotopic (exact) mass is 335 g/mol. The Morgan fingerprint density at radius 1 is 1.12 bits per heavy atom. The maximum absolute atomic E-state index is 10.2. The number of aliphatic imine (C=N–C) groups is 1. The Balaban J connectivity index is 1.64. The smallest absolute Gasteiger partial charge is 0.126 e. The van der Waals surface area contributed by atoms with Gasteiger partial charge in [0.1, 0.15) is 5.75 Å². The van der Waals surface area contributed by atoms with Crippen LogP contribution in [-0.4, -0.2) is 35.9 Å². The highest BCUT2D eigenvalue weighted by Crippen LogP contribution is 2.23. The molecule has 0 radical (unpaired) electrons. The van der Waals surface area contributed by atoms with E-state index in [2.05, 4.69) is 53.1 Å². The second-order valence-electron chi connectivity index (χ2n) is 6.06. The van der Waals surface area contributed by atoms with Gasteiger partial charge in [-0.25, -0.2) is 0 Å². The van der Waals surface area contributed by atoms with E-state index in [0.29, 0.717) is 6.54 Å². The van der Waals surface area contributed by atoms with Gasteiger partial charge in [-0.05, 0) is 44.0 Å². The molecule has 0 aliphatic rings. The van der Waals surface area contributed by atoms with E-state index in [-0.39, 0.29) is 5.75 Å². The molecule has 2 N–H and O–H groups in total. The minimum absolute atomic E-state index is 0.278. The van der Waals surface area contributed by atoms with E-state index in [1.807, 2.05) is 24.3 Å². The molecular weight excluding hydrogens is 310 g/mol. The van der Waals surface area contributed by atoms with Gasteiger partial charge in [-0.1, -0.05) is 18.2 Å². The van der Waals surface area contributed by atoms with Crippen molar-refractivity contribution < 1.29 is 5.11 Å². The molecule has 1 aromatic heterocycles. The zero-order valence-corrected chi connectivity index (χ0v) is 14.9. The number of nitrogens with zero attached hydrogens (tertiary/aromatic N) is 2. The Labute approximate surface area is 148 Å². The normalized spacial score (nSPS) is 11.4. The van der Waals surface area contributed by atoms with Crippen molar-refractivity contribution in [1.82, 2.24) is 4.98 Å². The van der Waals surface area contributed by atoms with E-state index in [1.54, 1.807) is 6.21 Å². The summed E-state index contributed by atoms with van der Waals surface area (Å²) >= 11 is 0. The molecule has 0 aliphatic heterocycles. The number of para-hydroxylation sites is 1. The number of aromatic amines is 1. The molecule has 0 saturated heterocycles. The number of phenols is 1. The summed E-state index contributed by atoms with van der Waals surface area (Å²) in [6.07, 6.45) is 4.69. The largest absolute Gasteiger partial charge is 0.507 e. The number of fused-ring (bicyclic) bond motifs is 1. The van der Waals surface area contributed by atoms with Crippen LogP contribution in [0, 0.1) is 0 Å². The number of anilines is 1. The van der Waals surface area contributed by atoms with Crippen LogP contribution in [0.3, 0.4) is 0 Å². The van der Waals surface area contributed by atoms with Crippen LogP contribution < -0.4 is 4.90 Å². The molecule has 25 heavy (non-hydrogen) atoms. The van der Waals surface area contributed by atoms with Crippen LogP contribution in [-0.2, 0) is 6.42 Å². The molecule has 0 fully saturated rings. The van der Waals surface area contributed by atoms with E-state index < -0.39 is 0 Å². The first kappa shape index (κ1) is 17.1. The quantitative estimate of drug-likeness (QED) is 0.630. The summed E-state index contributed by atoms with van der Waals surface area (Å²) in [4.78, 5) is 9.98. The molecule has 0 atom stereocenters. The second kappa shape index (κ2) is 7.88. The summed E-state index contributed by atoms with van der Waals surface area (Å²) in [6.45, 7) is 6.77. The Hall–Kier alpha value is -2.75. The summed E-state index contributed by atoms with van der Waals surface area (Å²) in [6, 6.07) is 14.1. The lowest BCUT2D eigenvalue weighted by Gasteiger charge is -2.21. The molecular formula is C21H25N3O. The highest BCUT2D eigenvalue weighted by atomic mass is 16.3. The van der Waals surface area contributed by atoms with Crippen LogP contribution in [0.25, 0.3) is 10.9 Å². The summed E-state index contributed by atoms with van der Waals surface area (Å²) in [5.41, 5.74) is 4.23. The van der Waals surface area contributed by atoms with Crippen LogP contribution in [0.4, 0.5) is 5.69 Å². The summed E-state index contributed by atoms with van der Waals surface area (Å²) in [5, 5.41) is 11.5. The first-order chi connectivity index (χ1) is 12.2. The van der Waals surface area contributed by atoms with Crippen LogP contribution in [0.1, 0.15) is 25.0 Å². The summed E-state index contributed by atoms with van der Waals surface area (Å²) < 4.78 is 0. The van der Waals surface area contributed by atoms with E-state index in [9.17, 15) is 5.11 Å². The third-order valence-electron chi connectivity index (χ3n) is 4.56. The molecule has 0 amide bonds. The van der Waals surface area contributed by atoms with Crippen LogP contribution in [0.2, 0.25) is 0 Å². The fourth-order valence-corrected chi connectivity index (χ4v) is 3.11. The van der Waals surface area contributed by atoms with Crippen molar-refractivity contribution in [2.24, 2.45) is 4.99 Å². The van der Waals surface area contributed by atoms with E-state index in [1.165, 1.54) is 10.9 Å². The molecule has 0 saturated carbocycles. The van der Waals surface area contributed by atoms with E-state index in [0.717, 1.165) is 36.3 Å². The van der Waals surface area contributed by atoms with Gasteiger partial charge >= 0.3 is 0 Å². The third-order valence-corrected chi connectivity index (χ3v) is 4.56. The summed E-state index contributed by atoms with van der Waals surface area (Å²) in [5.74, 6) is 0.278. The number of aromatic nitrogens is 1.